The van der Waals surface area contributed by atoms with Crippen molar-refractivity contribution in [2.45, 2.75) is 20.0 Å². The summed E-state index contributed by atoms with van der Waals surface area (Å²) in [6.45, 7) is 3.31. The van der Waals surface area contributed by atoms with E-state index in [-0.39, 0.29) is 10.6 Å². The van der Waals surface area contributed by atoms with Gasteiger partial charge in [0.15, 0.2) is 0 Å². The van der Waals surface area contributed by atoms with Crippen LogP contribution in [0, 0.1) is 24.0 Å². The number of aromatic nitrogens is 1. The molecule has 3 aromatic rings. The number of nitrogens with zero attached hydrogens (tertiary/aromatic N) is 2. The van der Waals surface area contributed by atoms with Crippen molar-refractivity contribution < 1.29 is 22.9 Å². The lowest BCUT2D eigenvalue weighted by molar-refractivity contribution is -0.384. The van der Waals surface area contributed by atoms with Crippen molar-refractivity contribution >= 4 is 28.6 Å². The number of anilines is 1. The molecule has 1 heterocycles. The fraction of sp³-hybridized carbons (Fsp3) is 0.158. The van der Waals surface area contributed by atoms with E-state index in [0.717, 1.165) is 23.5 Å². The molecule has 0 bridgehead atoms. The number of rotatable bonds is 4. The third-order valence-electron chi connectivity index (χ3n) is 4.14. The molecule has 0 saturated heterocycles. The summed E-state index contributed by atoms with van der Waals surface area (Å²) in [5, 5.41) is 14.0. The van der Waals surface area contributed by atoms with Crippen molar-refractivity contribution in [1.82, 2.24) is 4.98 Å². The first-order chi connectivity index (χ1) is 13.6. The van der Waals surface area contributed by atoms with Gasteiger partial charge < -0.3 is 5.32 Å². The minimum absolute atomic E-state index is 0.155. The van der Waals surface area contributed by atoms with Crippen molar-refractivity contribution in [2.24, 2.45) is 0 Å². The van der Waals surface area contributed by atoms with E-state index in [2.05, 4.69) is 10.3 Å². The quantitative estimate of drug-likeness (QED) is 0.439. The zero-order valence-corrected chi connectivity index (χ0v) is 16.0. The molecule has 0 fully saturated rings. The molecule has 3 rings (SSSR count). The minimum Gasteiger partial charge on any atom is -0.321 e. The Morgan fingerprint density at radius 3 is 2.38 bits per heavy atom. The van der Waals surface area contributed by atoms with E-state index in [1.807, 2.05) is 0 Å². The number of thiazole rings is 1. The predicted molar refractivity (Wildman–Crippen MR) is 103 cm³/mol. The molecular weight excluding hydrogens is 407 g/mol. The van der Waals surface area contributed by atoms with E-state index in [0.29, 0.717) is 27.5 Å². The first kappa shape index (κ1) is 20.5. The number of amides is 1. The number of carbonyl (C=O) groups excluding carboxylic acids is 1. The fourth-order valence-electron chi connectivity index (χ4n) is 2.57. The lowest BCUT2D eigenvalue weighted by Gasteiger charge is -2.07. The Bertz CT molecular complexity index is 1090. The second kappa shape index (κ2) is 7.63. The summed E-state index contributed by atoms with van der Waals surface area (Å²) in [5.74, 6) is -0.498. The smallest absolute Gasteiger partial charge is 0.321 e. The average Bonchev–Trinajstić information content (AvgIpc) is 3.04. The maximum atomic E-state index is 12.7. The summed E-state index contributed by atoms with van der Waals surface area (Å²) in [6, 6.07) is 8.64. The molecule has 2 aromatic carbocycles. The second-order valence-corrected chi connectivity index (χ2v) is 7.22. The Morgan fingerprint density at radius 1 is 1.14 bits per heavy atom. The van der Waals surface area contributed by atoms with Crippen molar-refractivity contribution in [3.05, 3.63) is 74.3 Å². The third-order valence-corrected chi connectivity index (χ3v) is 5.35. The van der Waals surface area contributed by atoms with Crippen LogP contribution >= 0.6 is 11.3 Å². The van der Waals surface area contributed by atoms with Crippen LogP contribution in [0.4, 0.5) is 24.5 Å². The van der Waals surface area contributed by atoms with E-state index < -0.39 is 22.6 Å². The van der Waals surface area contributed by atoms with Gasteiger partial charge in [0.05, 0.1) is 21.9 Å². The first-order valence-corrected chi connectivity index (χ1v) is 9.09. The summed E-state index contributed by atoms with van der Waals surface area (Å²) in [6.07, 6.45) is -4.43. The monoisotopic (exact) mass is 421 g/mol. The van der Waals surface area contributed by atoms with Gasteiger partial charge in [-0.1, -0.05) is 18.2 Å². The number of nitro groups is 1. The number of nitrogens with one attached hydrogen (secondary N) is 1. The summed E-state index contributed by atoms with van der Waals surface area (Å²) in [5.41, 5.74) is 0.885. The SMILES string of the molecule is Cc1ccc([N+](=O)[O-])cc1NC(=O)c1sc(-c2ccc(C(F)(F)F)cc2)nc1C. The molecule has 1 aromatic heterocycles. The van der Waals surface area contributed by atoms with Crippen molar-refractivity contribution in [3.8, 4) is 10.6 Å². The van der Waals surface area contributed by atoms with Crippen LogP contribution < -0.4 is 5.32 Å². The molecule has 0 saturated carbocycles. The fourth-order valence-corrected chi connectivity index (χ4v) is 3.54. The maximum absolute atomic E-state index is 12.7. The number of benzene rings is 2. The number of hydrogen-bond donors (Lipinski definition) is 1. The summed E-state index contributed by atoms with van der Waals surface area (Å²) in [7, 11) is 0. The molecule has 0 aliphatic heterocycles. The van der Waals surface area contributed by atoms with Crippen LogP contribution in [0.25, 0.3) is 10.6 Å². The van der Waals surface area contributed by atoms with Gasteiger partial charge in [-0.15, -0.1) is 11.3 Å². The zero-order chi connectivity index (χ0) is 21.3. The third kappa shape index (κ3) is 4.43. The Kier molecular flexibility index (Phi) is 5.38. The van der Waals surface area contributed by atoms with Gasteiger partial charge in [0.1, 0.15) is 9.88 Å². The molecule has 0 aliphatic carbocycles. The number of nitro benzene ring substituents is 1. The average molecular weight is 421 g/mol. The zero-order valence-electron chi connectivity index (χ0n) is 15.2. The predicted octanol–water partition coefficient (Wildman–Crippen LogP) is 5.61. The van der Waals surface area contributed by atoms with Crippen LogP contribution in [-0.2, 0) is 6.18 Å². The standard InChI is InChI=1S/C19H14F3N3O3S/c1-10-3-8-14(25(27)28)9-15(10)24-17(26)16-11(2)23-18(29-16)12-4-6-13(7-5-12)19(20,21)22/h3-9H,1-2H3,(H,24,26). The number of halogens is 3. The molecule has 1 N–H and O–H groups in total. The van der Waals surface area contributed by atoms with E-state index >= 15 is 0 Å². The van der Waals surface area contributed by atoms with Gasteiger partial charge in [-0.05, 0) is 31.5 Å². The summed E-state index contributed by atoms with van der Waals surface area (Å²) >= 11 is 1.03. The highest BCUT2D eigenvalue weighted by atomic mass is 32.1. The van der Waals surface area contributed by atoms with Crippen LogP contribution in [0.5, 0.6) is 0 Å². The molecule has 0 aliphatic rings. The van der Waals surface area contributed by atoms with Crippen molar-refractivity contribution in [1.29, 1.82) is 0 Å². The molecule has 10 heteroatoms. The number of alkyl halides is 3. The van der Waals surface area contributed by atoms with Gasteiger partial charge >= 0.3 is 6.18 Å². The molecule has 29 heavy (non-hydrogen) atoms. The molecular formula is C19H14F3N3O3S. The maximum Gasteiger partial charge on any atom is 0.416 e. The van der Waals surface area contributed by atoms with Crippen LogP contribution in [0.3, 0.4) is 0 Å². The Hall–Kier alpha value is -3.27. The molecule has 0 atom stereocenters. The highest BCUT2D eigenvalue weighted by Gasteiger charge is 2.30. The first-order valence-electron chi connectivity index (χ1n) is 8.27. The van der Waals surface area contributed by atoms with Crippen LogP contribution in [0.2, 0.25) is 0 Å². The van der Waals surface area contributed by atoms with Crippen LogP contribution in [0.1, 0.15) is 26.5 Å². The van der Waals surface area contributed by atoms with Crippen molar-refractivity contribution in [3.63, 3.8) is 0 Å². The van der Waals surface area contributed by atoms with Gasteiger partial charge in [-0.3, -0.25) is 14.9 Å². The lowest BCUT2D eigenvalue weighted by Crippen LogP contribution is -2.12. The van der Waals surface area contributed by atoms with E-state index in [9.17, 15) is 28.1 Å². The van der Waals surface area contributed by atoms with Crippen LogP contribution in [0.15, 0.2) is 42.5 Å². The highest BCUT2D eigenvalue weighted by Crippen LogP contribution is 2.33. The molecule has 0 radical (unpaired) electrons. The van der Waals surface area contributed by atoms with E-state index in [1.54, 1.807) is 13.8 Å². The minimum atomic E-state index is -4.43. The van der Waals surface area contributed by atoms with Gasteiger partial charge in [-0.25, -0.2) is 4.98 Å². The van der Waals surface area contributed by atoms with Crippen LogP contribution in [-0.4, -0.2) is 15.8 Å². The number of carbonyl (C=O) groups is 1. The Labute approximate surface area is 167 Å². The number of hydrogen-bond acceptors (Lipinski definition) is 5. The Balaban J connectivity index is 1.86. The highest BCUT2D eigenvalue weighted by molar-refractivity contribution is 7.17. The largest absolute Gasteiger partial charge is 0.416 e. The lowest BCUT2D eigenvalue weighted by atomic mass is 10.1. The molecule has 1 amide bonds. The van der Waals surface area contributed by atoms with Gasteiger partial charge in [0, 0.05) is 17.7 Å². The van der Waals surface area contributed by atoms with E-state index in [1.165, 1.54) is 30.3 Å². The van der Waals surface area contributed by atoms with E-state index in [4.69, 9.17) is 0 Å². The summed E-state index contributed by atoms with van der Waals surface area (Å²) in [4.78, 5) is 27.6. The molecule has 150 valence electrons. The second-order valence-electron chi connectivity index (χ2n) is 6.22. The normalized spacial score (nSPS) is 11.3. The topological polar surface area (TPSA) is 85.1 Å². The number of aryl methyl sites for hydroxylation is 2. The summed E-state index contributed by atoms with van der Waals surface area (Å²) < 4.78 is 38.1. The molecule has 0 spiro atoms. The van der Waals surface area contributed by atoms with Gasteiger partial charge in [-0.2, -0.15) is 13.2 Å². The molecule has 0 unspecified atom stereocenters. The van der Waals surface area contributed by atoms with Crippen molar-refractivity contribution in [2.75, 3.05) is 5.32 Å². The number of non-ortho nitro benzene ring substituents is 1. The van der Waals surface area contributed by atoms with Gasteiger partial charge in [0.2, 0.25) is 0 Å². The Morgan fingerprint density at radius 2 is 1.79 bits per heavy atom. The van der Waals surface area contributed by atoms with Gasteiger partial charge in [0.25, 0.3) is 11.6 Å². The molecule has 6 nitrogen and oxygen atoms in total.